The van der Waals surface area contributed by atoms with E-state index in [1.54, 1.807) is 17.3 Å². The zero-order chi connectivity index (χ0) is 18.8. The van der Waals surface area contributed by atoms with Gasteiger partial charge in [0.15, 0.2) is 0 Å². The van der Waals surface area contributed by atoms with E-state index in [9.17, 15) is 9.59 Å². The lowest BCUT2D eigenvalue weighted by Gasteiger charge is -2.17. The maximum atomic E-state index is 12.8. The van der Waals surface area contributed by atoms with Crippen molar-refractivity contribution in [3.05, 3.63) is 66.5 Å². The molecule has 2 heterocycles. The van der Waals surface area contributed by atoms with Crippen LogP contribution in [-0.4, -0.2) is 28.6 Å². The van der Waals surface area contributed by atoms with Crippen LogP contribution in [0.15, 0.2) is 60.9 Å². The van der Waals surface area contributed by atoms with Gasteiger partial charge in [0.05, 0.1) is 12.1 Å². The average Bonchev–Trinajstić information content (AvgIpc) is 3.33. The Hall–Kier alpha value is -3.41. The van der Waals surface area contributed by atoms with Crippen LogP contribution in [-0.2, 0) is 9.59 Å². The number of benzene rings is 2. The van der Waals surface area contributed by atoms with Crippen molar-refractivity contribution in [3.8, 4) is 11.1 Å². The Morgan fingerprint density at radius 2 is 1.96 bits per heavy atom. The van der Waals surface area contributed by atoms with E-state index in [-0.39, 0.29) is 24.2 Å². The standard InChI is InChI=1S/C21H20N4O2/c1-14-6-8-17(9-7-14)25-13-15(10-20(25)26)21(27)24-19-5-3-2-4-18(19)16-11-22-23-12-16/h2-9,11-12,15H,10,13H2,1H3,(H,22,23)(H,24,27). The highest BCUT2D eigenvalue weighted by atomic mass is 16.2. The number of nitrogens with zero attached hydrogens (tertiary/aromatic N) is 2. The molecule has 2 amide bonds. The van der Waals surface area contributed by atoms with Crippen LogP contribution >= 0.6 is 0 Å². The van der Waals surface area contributed by atoms with Gasteiger partial charge in [-0.3, -0.25) is 14.7 Å². The molecule has 0 aliphatic carbocycles. The van der Waals surface area contributed by atoms with Crippen molar-refractivity contribution in [1.82, 2.24) is 10.2 Å². The molecule has 1 atom stereocenters. The maximum Gasteiger partial charge on any atom is 0.229 e. The molecule has 1 saturated heterocycles. The molecule has 6 heteroatoms. The summed E-state index contributed by atoms with van der Waals surface area (Å²) in [5, 5.41) is 9.73. The maximum absolute atomic E-state index is 12.8. The Kier molecular flexibility index (Phi) is 4.46. The second-order valence-corrected chi connectivity index (χ2v) is 6.76. The largest absolute Gasteiger partial charge is 0.325 e. The summed E-state index contributed by atoms with van der Waals surface area (Å²) in [7, 11) is 0. The number of aromatic amines is 1. The number of hydrogen-bond donors (Lipinski definition) is 2. The molecular formula is C21H20N4O2. The number of carbonyl (C=O) groups is 2. The Morgan fingerprint density at radius 1 is 1.19 bits per heavy atom. The molecule has 27 heavy (non-hydrogen) atoms. The van der Waals surface area contributed by atoms with Crippen LogP contribution in [0.5, 0.6) is 0 Å². The second kappa shape index (κ2) is 7.07. The predicted octanol–water partition coefficient (Wildman–Crippen LogP) is 3.38. The zero-order valence-corrected chi connectivity index (χ0v) is 15.0. The van der Waals surface area contributed by atoms with Crippen molar-refractivity contribution in [1.29, 1.82) is 0 Å². The monoisotopic (exact) mass is 360 g/mol. The third kappa shape index (κ3) is 3.46. The molecule has 0 saturated carbocycles. The molecule has 1 aromatic heterocycles. The van der Waals surface area contributed by atoms with Crippen LogP contribution < -0.4 is 10.2 Å². The number of hydrogen-bond acceptors (Lipinski definition) is 3. The summed E-state index contributed by atoms with van der Waals surface area (Å²) in [6, 6.07) is 15.3. The van der Waals surface area contributed by atoms with E-state index in [1.807, 2.05) is 55.5 Å². The quantitative estimate of drug-likeness (QED) is 0.749. The number of H-pyrrole nitrogens is 1. The second-order valence-electron chi connectivity index (χ2n) is 6.76. The smallest absolute Gasteiger partial charge is 0.229 e. The van der Waals surface area contributed by atoms with E-state index in [2.05, 4.69) is 15.5 Å². The summed E-state index contributed by atoms with van der Waals surface area (Å²) in [4.78, 5) is 26.9. The fraction of sp³-hybridized carbons (Fsp3) is 0.190. The first-order chi connectivity index (χ1) is 13.1. The Morgan fingerprint density at radius 3 is 2.70 bits per heavy atom. The van der Waals surface area contributed by atoms with Crippen LogP contribution in [0.4, 0.5) is 11.4 Å². The summed E-state index contributed by atoms with van der Waals surface area (Å²) in [6.07, 6.45) is 3.71. The summed E-state index contributed by atoms with van der Waals surface area (Å²) in [6.45, 7) is 2.39. The fourth-order valence-electron chi connectivity index (χ4n) is 3.33. The van der Waals surface area contributed by atoms with E-state index < -0.39 is 0 Å². The molecule has 2 aromatic carbocycles. The third-order valence-corrected chi connectivity index (χ3v) is 4.84. The molecule has 0 bridgehead atoms. The molecule has 1 fully saturated rings. The normalized spacial score (nSPS) is 16.6. The Bertz CT molecular complexity index is 964. The van der Waals surface area contributed by atoms with Gasteiger partial charge < -0.3 is 10.2 Å². The van der Waals surface area contributed by atoms with E-state index in [0.29, 0.717) is 12.2 Å². The molecule has 136 valence electrons. The fourth-order valence-corrected chi connectivity index (χ4v) is 3.33. The number of aryl methyl sites for hydroxylation is 1. The number of anilines is 2. The summed E-state index contributed by atoms with van der Waals surface area (Å²) in [5.41, 5.74) is 4.47. The minimum absolute atomic E-state index is 0.0258. The molecule has 1 unspecified atom stereocenters. The highest BCUT2D eigenvalue weighted by molar-refractivity contribution is 6.04. The highest BCUT2D eigenvalue weighted by Crippen LogP contribution is 2.30. The molecule has 6 nitrogen and oxygen atoms in total. The van der Waals surface area contributed by atoms with Crippen molar-refractivity contribution in [3.63, 3.8) is 0 Å². The molecule has 0 radical (unpaired) electrons. The molecular weight excluding hydrogens is 340 g/mol. The van der Waals surface area contributed by atoms with Gasteiger partial charge in [-0.05, 0) is 25.1 Å². The van der Waals surface area contributed by atoms with Crippen molar-refractivity contribution in [2.24, 2.45) is 5.92 Å². The number of rotatable bonds is 4. The molecule has 3 aromatic rings. The van der Waals surface area contributed by atoms with Gasteiger partial charge in [0.1, 0.15) is 0 Å². The predicted molar refractivity (Wildman–Crippen MR) is 104 cm³/mol. The topological polar surface area (TPSA) is 78.1 Å². The summed E-state index contributed by atoms with van der Waals surface area (Å²) in [5.74, 6) is -0.549. The molecule has 1 aliphatic rings. The van der Waals surface area contributed by atoms with Crippen molar-refractivity contribution >= 4 is 23.2 Å². The number of amides is 2. The van der Waals surface area contributed by atoms with Gasteiger partial charge in [-0.2, -0.15) is 5.10 Å². The zero-order valence-electron chi connectivity index (χ0n) is 15.0. The number of nitrogens with one attached hydrogen (secondary N) is 2. The first kappa shape index (κ1) is 17.0. The minimum atomic E-state index is -0.379. The lowest BCUT2D eigenvalue weighted by atomic mass is 10.0. The van der Waals surface area contributed by atoms with E-state index in [0.717, 1.165) is 22.4 Å². The van der Waals surface area contributed by atoms with Gasteiger partial charge in [0, 0.05) is 41.7 Å². The number of carbonyl (C=O) groups excluding carboxylic acids is 2. The van der Waals surface area contributed by atoms with Crippen LogP contribution in [0.3, 0.4) is 0 Å². The van der Waals surface area contributed by atoms with Gasteiger partial charge in [-0.1, -0.05) is 35.9 Å². The number of aromatic nitrogens is 2. The third-order valence-electron chi connectivity index (χ3n) is 4.84. The van der Waals surface area contributed by atoms with Crippen molar-refractivity contribution < 1.29 is 9.59 Å². The Balaban J connectivity index is 1.50. The average molecular weight is 360 g/mol. The summed E-state index contributed by atoms with van der Waals surface area (Å²) >= 11 is 0. The van der Waals surface area contributed by atoms with Gasteiger partial charge in [0.2, 0.25) is 11.8 Å². The Labute approximate surface area is 157 Å². The van der Waals surface area contributed by atoms with Gasteiger partial charge in [-0.15, -0.1) is 0 Å². The molecule has 4 rings (SSSR count). The van der Waals surface area contributed by atoms with Gasteiger partial charge >= 0.3 is 0 Å². The lowest BCUT2D eigenvalue weighted by molar-refractivity contribution is -0.122. The molecule has 0 spiro atoms. The van der Waals surface area contributed by atoms with Crippen LogP contribution in [0, 0.1) is 12.8 Å². The van der Waals surface area contributed by atoms with E-state index >= 15 is 0 Å². The first-order valence-electron chi connectivity index (χ1n) is 8.88. The highest BCUT2D eigenvalue weighted by Gasteiger charge is 2.35. The summed E-state index contributed by atoms with van der Waals surface area (Å²) < 4.78 is 0. The molecule has 2 N–H and O–H groups in total. The van der Waals surface area contributed by atoms with Gasteiger partial charge in [-0.25, -0.2) is 0 Å². The van der Waals surface area contributed by atoms with E-state index in [1.165, 1.54) is 0 Å². The van der Waals surface area contributed by atoms with Crippen molar-refractivity contribution in [2.75, 3.05) is 16.8 Å². The van der Waals surface area contributed by atoms with Crippen LogP contribution in [0.2, 0.25) is 0 Å². The van der Waals surface area contributed by atoms with Crippen molar-refractivity contribution in [2.45, 2.75) is 13.3 Å². The molecule has 1 aliphatic heterocycles. The number of para-hydroxylation sites is 1. The van der Waals surface area contributed by atoms with Crippen LogP contribution in [0.25, 0.3) is 11.1 Å². The van der Waals surface area contributed by atoms with Gasteiger partial charge in [0.25, 0.3) is 0 Å². The minimum Gasteiger partial charge on any atom is -0.325 e. The van der Waals surface area contributed by atoms with Crippen LogP contribution in [0.1, 0.15) is 12.0 Å². The lowest BCUT2D eigenvalue weighted by Crippen LogP contribution is -2.28. The van der Waals surface area contributed by atoms with E-state index in [4.69, 9.17) is 0 Å². The SMILES string of the molecule is Cc1ccc(N2CC(C(=O)Nc3ccccc3-c3cn[nH]c3)CC2=O)cc1. The first-order valence-corrected chi connectivity index (χ1v) is 8.88.